The molecule has 3 aromatic rings. The topological polar surface area (TPSA) is 70.1 Å². The number of aromatic nitrogens is 4. The lowest BCUT2D eigenvalue weighted by Crippen LogP contribution is -2.47. The first-order valence-electron chi connectivity index (χ1n) is 8.51. The molecule has 9 heteroatoms. The largest absolute Gasteiger partial charge is 0.340 e. The van der Waals surface area contributed by atoms with Crippen molar-refractivity contribution >= 4 is 35.0 Å². The van der Waals surface area contributed by atoms with E-state index in [0.717, 1.165) is 32.1 Å². The highest BCUT2D eigenvalue weighted by atomic mass is 35.5. The second-order valence-corrected chi connectivity index (χ2v) is 6.43. The third-order valence-corrected chi connectivity index (χ3v) is 4.52. The number of halogens is 2. The maximum atomic E-state index is 13.3. The van der Waals surface area contributed by atoms with Gasteiger partial charge in [-0.15, -0.1) is 0 Å². The van der Waals surface area contributed by atoms with Crippen molar-refractivity contribution < 1.29 is 4.39 Å². The van der Waals surface area contributed by atoms with Gasteiger partial charge in [-0.3, -0.25) is 0 Å². The van der Waals surface area contributed by atoms with Gasteiger partial charge in [-0.25, -0.2) is 19.3 Å². The summed E-state index contributed by atoms with van der Waals surface area (Å²) in [6, 6.07) is 8.02. The van der Waals surface area contributed by atoms with Crippen molar-refractivity contribution in [2.45, 2.75) is 0 Å². The Kier molecular flexibility index (Phi) is 4.97. The molecule has 1 saturated heterocycles. The Balaban J connectivity index is 1.43. The van der Waals surface area contributed by atoms with Gasteiger partial charge in [-0.1, -0.05) is 11.6 Å². The fourth-order valence-corrected chi connectivity index (χ4v) is 3.03. The molecule has 0 spiro atoms. The van der Waals surface area contributed by atoms with Gasteiger partial charge in [0, 0.05) is 50.5 Å². The summed E-state index contributed by atoms with van der Waals surface area (Å²) in [6.07, 6.45) is 5.19. The third-order valence-electron chi connectivity index (χ3n) is 4.23. The van der Waals surface area contributed by atoms with Crippen LogP contribution >= 0.6 is 11.6 Å². The number of rotatable bonds is 4. The molecule has 2 aromatic heterocycles. The summed E-state index contributed by atoms with van der Waals surface area (Å²) in [5.74, 6) is 1.55. The quantitative estimate of drug-likeness (QED) is 0.739. The highest BCUT2D eigenvalue weighted by Gasteiger charge is 2.20. The van der Waals surface area contributed by atoms with E-state index in [4.69, 9.17) is 11.6 Å². The first-order chi connectivity index (χ1) is 13.2. The first-order valence-corrected chi connectivity index (χ1v) is 8.89. The Hall–Kier alpha value is -3.00. The summed E-state index contributed by atoms with van der Waals surface area (Å²) < 4.78 is 13.3. The average Bonchev–Trinajstić information content (AvgIpc) is 2.72. The van der Waals surface area contributed by atoms with Crippen molar-refractivity contribution in [3.8, 4) is 0 Å². The van der Waals surface area contributed by atoms with E-state index in [1.807, 2.05) is 0 Å². The van der Waals surface area contributed by atoms with Crippen LogP contribution in [0.2, 0.25) is 5.02 Å². The van der Waals surface area contributed by atoms with Gasteiger partial charge in [0.2, 0.25) is 11.9 Å². The third kappa shape index (κ3) is 4.06. The molecule has 0 bridgehead atoms. The number of anilines is 4. The maximum Gasteiger partial charge on any atom is 0.227 e. The normalized spacial score (nSPS) is 14.3. The molecule has 1 aliphatic heterocycles. The second-order valence-electron chi connectivity index (χ2n) is 6.02. The van der Waals surface area contributed by atoms with Crippen LogP contribution in [0.15, 0.2) is 48.9 Å². The van der Waals surface area contributed by atoms with Gasteiger partial charge >= 0.3 is 0 Å². The number of nitrogens with zero attached hydrogens (tertiary/aromatic N) is 6. The molecule has 0 saturated carbocycles. The highest BCUT2D eigenvalue weighted by Crippen LogP contribution is 2.23. The number of hydrogen-bond donors (Lipinski definition) is 1. The zero-order valence-electron chi connectivity index (χ0n) is 14.4. The molecular formula is C18H17ClFN7. The Labute approximate surface area is 160 Å². The molecule has 1 aromatic carbocycles. The lowest BCUT2D eigenvalue weighted by Gasteiger charge is -2.34. The molecule has 1 N–H and O–H groups in total. The first kappa shape index (κ1) is 17.4. The van der Waals surface area contributed by atoms with Gasteiger partial charge in [0.15, 0.2) is 0 Å². The lowest BCUT2D eigenvalue weighted by atomic mass is 10.3. The Morgan fingerprint density at radius 2 is 1.56 bits per heavy atom. The zero-order valence-corrected chi connectivity index (χ0v) is 15.1. The molecular weight excluding hydrogens is 369 g/mol. The number of hydrogen-bond acceptors (Lipinski definition) is 7. The summed E-state index contributed by atoms with van der Waals surface area (Å²) >= 11 is 5.83. The van der Waals surface area contributed by atoms with E-state index in [9.17, 15) is 4.39 Å². The molecule has 0 unspecified atom stereocenters. The van der Waals surface area contributed by atoms with Crippen molar-refractivity contribution in [2.75, 3.05) is 41.3 Å². The fraction of sp³-hybridized carbons (Fsp3) is 0.222. The number of benzene rings is 1. The van der Waals surface area contributed by atoms with Crippen LogP contribution in [0, 0.1) is 5.82 Å². The van der Waals surface area contributed by atoms with Crippen molar-refractivity contribution in [2.24, 2.45) is 0 Å². The minimum atomic E-state index is -0.453. The van der Waals surface area contributed by atoms with Gasteiger partial charge in [0.1, 0.15) is 11.6 Å². The van der Waals surface area contributed by atoms with Crippen LogP contribution in [0.25, 0.3) is 0 Å². The van der Waals surface area contributed by atoms with E-state index < -0.39 is 5.82 Å². The molecule has 1 fully saturated rings. The Bertz CT molecular complexity index is 917. The Morgan fingerprint density at radius 1 is 0.889 bits per heavy atom. The van der Waals surface area contributed by atoms with Gasteiger partial charge in [0.05, 0.1) is 5.02 Å². The lowest BCUT2D eigenvalue weighted by molar-refractivity contribution is 0.628. The second kappa shape index (κ2) is 7.71. The van der Waals surface area contributed by atoms with Crippen molar-refractivity contribution in [3.05, 3.63) is 59.8 Å². The van der Waals surface area contributed by atoms with Crippen LogP contribution in [-0.2, 0) is 0 Å². The summed E-state index contributed by atoms with van der Waals surface area (Å²) in [5, 5.41) is 3.19. The van der Waals surface area contributed by atoms with Crippen LogP contribution in [0.3, 0.4) is 0 Å². The van der Waals surface area contributed by atoms with E-state index in [2.05, 4.69) is 35.1 Å². The van der Waals surface area contributed by atoms with E-state index in [1.54, 1.807) is 36.8 Å². The molecule has 0 atom stereocenters. The fourth-order valence-electron chi connectivity index (χ4n) is 2.85. The molecule has 0 amide bonds. The average molecular weight is 386 g/mol. The van der Waals surface area contributed by atoms with Crippen molar-refractivity contribution in [1.29, 1.82) is 0 Å². The van der Waals surface area contributed by atoms with Crippen LogP contribution in [-0.4, -0.2) is 46.1 Å². The van der Waals surface area contributed by atoms with E-state index in [1.165, 1.54) is 12.1 Å². The maximum absolute atomic E-state index is 13.3. The summed E-state index contributed by atoms with van der Waals surface area (Å²) in [7, 11) is 0. The van der Waals surface area contributed by atoms with Gasteiger partial charge < -0.3 is 15.1 Å². The van der Waals surface area contributed by atoms with E-state index >= 15 is 0 Å². The number of piperazine rings is 1. The minimum Gasteiger partial charge on any atom is -0.340 e. The van der Waals surface area contributed by atoms with Crippen LogP contribution in [0.1, 0.15) is 0 Å². The van der Waals surface area contributed by atoms with Crippen LogP contribution in [0.4, 0.5) is 27.8 Å². The predicted molar refractivity (Wildman–Crippen MR) is 103 cm³/mol. The Morgan fingerprint density at radius 3 is 2.26 bits per heavy atom. The summed E-state index contributed by atoms with van der Waals surface area (Å²) in [4.78, 5) is 21.8. The predicted octanol–water partition coefficient (Wildman–Crippen LogP) is 3.13. The van der Waals surface area contributed by atoms with Gasteiger partial charge in [-0.2, -0.15) is 4.98 Å². The molecule has 7 nitrogen and oxygen atoms in total. The molecule has 138 valence electrons. The monoisotopic (exact) mass is 385 g/mol. The molecule has 4 rings (SSSR count). The minimum absolute atomic E-state index is 0.0635. The van der Waals surface area contributed by atoms with Gasteiger partial charge in [-0.05, 0) is 30.3 Å². The van der Waals surface area contributed by atoms with Crippen molar-refractivity contribution in [3.63, 3.8) is 0 Å². The molecule has 0 aliphatic carbocycles. The van der Waals surface area contributed by atoms with Gasteiger partial charge in [0.25, 0.3) is 0 Å². The number of nitrogens with one attached hydrogen (secondary N) is 1. The van der Waals surface area contributed by atoms with Crippen molar-refractivity contribution in [1.82, 2.24) is 19.9 Å². The van der Waals surface area contributed by atoms with Crippen LogP contribution in [0.5, 0.6) is 0 Å². The highest BCUT2D eigenvalue weighted by molar-refractivity contribution is 6.31. The molecule has 1 aliphatic rings. The van der Waals surface area contributed by atoms with Crippen LogP contribution < -0.4 is 15.1 Å². The molecule has 0 radical (unpaired) electrons. The van der Waals surface area contributed by atoms with E-state index in [0.29, 0.717) is 17.5 Å². The summed E-state index contributed by atoms with van der Waals surface area (Å²) in [6.45, 7) is 3.12. The summed E-state index contributed by atoms with van der Waals surface area (Å²) in [5.41, 5.74) is 0.664. The standard InChI is InChI=1S/C18H17ClFN7/c19-14-12-13(2-3-15(14)20)24-16-4-7-23-18(25-16)27-10-8-26(9-11-27)17-21-5-1-6-22-17/h1-7,12H,8-11H2,(H,23,24,25). The molecule has 3 heterocycles. The molecule has 27 heavy (non-hydrogen) atoms. The smallest absolute Gasteiger partial charge is 0.227 e. The van der Waals surface area contributed by atoms with E-state index in [-0.39, 0.29) is 5.02 Å². The zero-order chi connectivity index (χ0) is 18.6. The SMILES string of the molecule is Fc1ccc(Nc2ccnc(N3CCN(c4ncccn4)CC3)n2)cc1Cl.